The minimum Gasteiger partial charge on any atom is -0.479 e. The second kappa shape index (κ2) is 8.02. The second-order valence-corrected chi connectivity index (χ2v) is 10.2. The Balaban J connectivity index is 1.35. The van der Waals surface area contributed by atoms with Gasteiger partial charge in [-0.25, -0.2) is 4.79 Å². The summed E-state index contributed by atoms with van der Waals surface area (Å²) >= 11 is 0. The topological polar surface area (TPSA) is 154 Å². The van der Waals surface area contributed by atoms with E-state index in [1.807, 2.05) is 19.1 Å². The zero-order valence-electron chi connectivity index (χ0n) is 18.3. The van der Waals surface area contributed by atoms with Crippen LogP contribution in [0.5, 0.6) is 5.75 Å². The predicted molar refractivity (Wildman–Crippen MR) is 112 cm³/mol. The summed E-state index contributed by atoms with van der Waals surface area (Å²) in [5.74, 6) is -0.299. The average Bonchev–Trinajstić information content (AvgIpc) is 3.02. The van der Waals surface area contributed by atoms with Crippen molar-refractivity contribution in [3.05, 3.63) is 29.3 Å². The minimum atomic E-state index is -1.77. The first-order valence-electron chi connectivity index (χ1n) is 11.6. The molecule has 9 heteroatoms. The Hall–Kier alpha value is -2.04. The maximum Gasteiger partial charge on any atom is 0.335 e. The lowest BCUT2D eigenvalue weighted by Crippen LogP contribution is -2.61. The fourth-order valence-electron chi connectivity index (χ4n) is 6.70. The monoisotopic (exact) mass is 462 g/mol. The molecule has 1 saturated heterocycles. The number of ether oxygens (including phenoxy) is 2. The largest absolute Gasteiger partial charge is 0.479 e. The van der Waals surface area contributed by atoms with Gasteiger partial charge in [-0.3, -0.25) is 4.79 Å². The number of carbonyl (C=O) groups excluding carboxylic acids is 1. The number of hydrogen-bond donors (Lipinski definition) is 5. The fourth-order valence-corrected chi connectivity index (χ4v) is 6.70. The number of carbonyl (C=O) groups is 2. The number of aliphatic hydroxyl groups is 4. The summed E-state index contributed by atoms with van der Waals surface area (Å²) in [6.45, 7) is 2.00. The molecule has 1 heterocycles. The van der Waals surface area contributed by atoms with Gasteiger partial charge in [-0.1, -0.05) is 13.0 Å². The Morgan fingerprint density at radius 2 is 1.88 bits per heavy atom. The predicted octanol–water partition coefficient (Wildman–Crippen LogP) is 0.354. The van der Waals surface area contributed by atoms with Gasteiger partial charge in [0.15, 0.2) is 11.9 Å². The van der Waals surface area contributed by atoms with E-state index in [-0.39, 0.29) is 11.7 Å². The molecule has 0 amide bonds. The summed E-state index contributed by atoms with van der Waals surface area (Å²) in [6, 6.07) is 5.54. The highest BCUT2D eigenvalue weighted by Gasteiger charge is 2.58. The average molecular weight is 462 g/mol. The summed E-state index contributed by atoms with van der Waals surface area (Å²) < 4.78 is 10.9. The molecule has 4 aliphatic rings. The molecule has 0 spiro atoms. The highest BCUT2D eigenvalue weighted by molar-refractivity contribution is 5.91. The number of Topliss-reactive ketones (excluding diaryl/α,β-unsaturated/α-hetero) is 1. The van der Waals surface area contributed by atoms with Crippen LogP contribution in [0, 0.1) is 17.3 Å². The van der Waals surface area contributed by atoms with Gasteiger partial charge in [-0.05, 0) is 73.1 Å². The smallest absolute Gasteiger partial charge is 0.335 e. The summed E-state index contributed by atoms with van der Waals surface area (Å²) in [5.41, 5.74) is 1.84. The Morgan fingerprint density at radius 1 is 1.12 bits per heavy atom. The fraction of sp³-hybridized carbons (Fsp3) is 0.667. The Kier molecular flexibility index (Phi) is 5.53. The summed E-state index contributed by atoms with van der Waals surface area (Å²) in [4.78, 5) is 23.9. The molecule has 3 aliphatic carbocycles. The molecule has 0 radical (unpaired) electrons. The Labute approximate surface area is 190 Å². The zero-order valence-corrected chi connectivity index (χ0v) is 18.3. The van der Waals surface area contributed by atoms with Gasteiger partial charge >= 0.3 is 5.97 Å². The van der Waals surface area contributed by atoms with Gasteiger partial charge in [0.25, 0.3) is 0 Å². The lowest BCUT2D eigenvalue weighted by Gasteiger charge is -2.48. The van der Waals surface area contributed by atoms with Gasteiger partial charge in [0.05, 0.1) is 0 Å². The van der Waals surface area contributed by atoms with Gasteiger partial charge in [0.1, 0.15) is 30.2 Å². The first-order valence-corrected chi connectivity index (χ1v) is 11.6. The van der Waals surface area contributed by atoms with Crippen LogP contribution in [-0.4, -0.2) is 74.1 Å². The number of benzene rings is 1. The van der Waals surface area contributed by atoms with Crippen LogP contribution in [0.4, 0.5) is 0 Å². The van der Waals surface area contributed by atoms with Gasteiger partial charge in [-0.15, -0.1) is 0 Å². The lowest BCUT2D eigenvalue weighted by molar-refractivity contribution is -0.271. The minimum absolute atomic E-state index is 0.0153. The number of aliphatic hydroxyl groups excluding tert-OH is 4. The molecule has 5 rings (SSSR count). The molecule has 1 unspecified atom stereocenters. The molecule has 5 N–H and O–H groups in total. The SMILES string of the molecule is C[C@]12CC[C@@H]3c4ccc(OC5O[C@H](C(=O)O)[C@@H](O)[C@H](O)[C@H]5O)cc4CC[C@H]3[C@@H]1C[C@H](O)C2=O. The molecule has 180 valence electrons. The van der Waals surface area contributed by atoms with E-state index in [0.717, 1.165) is 31.2 Å². The second-order valence-electron chi connectivity index (χ2n) is 10.2. The third kappa shape index (κ3) is 3.49. The number of aryl methyl sites for hydroxylation is 1. The maximum atomic E-state index is 12.6. The van der Waals surface area contributed by atoms with E-state index in [4.69, 9.17) is 9.47 Å². The number of aliphatic carboxylic acids is 1. The molecule has 3 fully saturated rings. The summed E-state index contributed by atoms with van der Waals surface area (Å²) in [6.07, 6.45) is -5.28. The van der Waals surface area contributed by atoms with Crippen molar-refractivity contribution >= 4 is 11.8 Å². The first-order chi connectivity index (χ1) is 15.6. The molecular formula is C24H30O9. The standard InChI is InChI=1S/C24H30O9/c1-24-7-6-13-12-5-3-11(32-23-19(28)17(26)18(27)20(33-23)22(30)31)8-10(12)2-4-14(13)15(24)9-16(25)21(24)29/h3,5,8,13-20,23,25-28H,2,4,6-7,9H2,1H3,(H,30,31)/t13-,14-,15+,16+,17+,18+,19-,20+,23?,24+/m1/s1. The van der Waals surface area contributed by atoms with Crippen molar-refractivity contribution < 1.29 is 44.6 Å². The zero-order chi connectivity index (χ0) is 23.7. The van der Waals surface area contributed by atoms with E-state index >= 15 is 0 Å². The van der Waals surface area contributed by atoms with Crippen LogP contribution in [0.1, 0.15) is 49.7 Å². The number of fused-ring (bicyclic) bond motifs is 5. The van der Waals surface area contributed by atoms with E-state index in [2.05, 4.69) is 0 Å². The van der Waals surface area contributed by atoms with Crippen LogP contribution >= 0.6 is 0 Å². The van der Waals surface area contributed by atoms with Gasteiger partial charge in [0, 0.05) is 5.41 Å². The van der Waals surface area contributed by atoms with E-state index in [9.17, 15) is 35.1 Å². The van der Waals surface area contributed by atoms with Crippen molar-refractivity contribution in [2.75, 3.05) is 0 Å². The van der Waals surface area contributed by atoms with Crippen LogP contribution in [0.25, 0.3) is 0 Å². The molecule has 1 aliphatic heterocycles. The van der Waals surface area contributed by atoms with Gasteiger partial charge in [-0.2, -0.15) is 0 Å². The van der Waals surface area contributed by atoms with E-state index in [1.165, 1.54) is 5.56 Å². The normalized spacial score (nSPS) is 44.5. The van der Waals surface area contributed by atoms with E-state index in [1.54, 1.807) is 6.07 Å². The summed E-state index contributed by atoms with van der Waals surface area (Å²) in [5, 5.41) is 49.5. The van der Waals surface area contributed by atoms with Gasteiger partial charge < -0.3 is 35.0 Å². The third-order valence-corrected chi connectivity index (χ3v) is 8.50. The number of carboxylic acid groups (broad SMARTS) is 1. The highest BCUT2D eigenvalue weighted by atomic mass is 16.7. The molecule has 0 aromatic heterocycles. The number of ketones is 1. The van der Waals surface area contributed by atoms with Crippen LogP contribution < -0.4 is 4.74 Å². The van der Waals surface area contributed by atoms with Gasteiger partial charge in [0.2, 0.25) is 6.29 Å². The van der Waals surface area contributed by atoms with Crippen molar-refractivity contribution in [1.29, 1.82) is 0 Å². The molecule has 10 atom stereocenters. The molecule has 9 nitrogen and oxygen atoms in total. The summed E-state index contributed by atoms with van der Waals surface area (Å²) in [7, 11) is 0. The number of carboxylic acids is 1. The highest BCUT2D eigenvalue weighted by Crippen LogP contribution is 2.59. The van der Waals surface area contributed by atoms with Crippen molar-refractivity contribution in [2.45, 2.75) is 81.8 Å². The van der Waals surface area contributed by atoms with Crippen LogP contribution in [-0.2, 0) is 20.7 Å². The molecule has 1 aromatic rings. The Morgan fingerprint density at radius 3 is 2.61 bits per heavy atom. The molecule has 0 bridgehead atoms. The van der Waals surface area contributed by atoms with Crippen LogP contribution in [0.2, 0.25) is 0 Å². The quantitative estimate of drug-likeness (QED) is 0.428. The van der Waals surface area contributed by atoms with Crippen molar-refractivity contribution in [1.82, 2.24) is 0 Å². The third-order valence-electron chi connectivity index (χ3n) is 8.50. The van der Waals surface area contributed by atoms with E-state index in [0.29, 0.717) is 24.0 Å². The molecule has 1 aromatic carbocycles. The van der Waals surface area contributed by atoms with Crippen LogP contribution in [0.15, 0.2) is 18.2 Å². The molecular weight excluding hydrogens is 432 g/mol. The Bertz CT molecular complexity index is 963. The molecule has 2 saturated carbocycles. The van der Waals surface area contributed by atoms with E-state index < -0.39 is 48.2 Å². The number of rotatable bonds is 3. The van der Waals surface area contributed by atoms with Crippen molar-refractivity contribution in [2.24, 2.45) is 17.3 Å². The van der Waals surface area contributed by atoms with Crippen LogP contribution in [0.3, 0.4) is 0 Å². The van der Waals surface area contributed by atoms with Crippen molar-refractivity contribution in [3.8, 4) is 5.75 Å². The lowest BCUT2D eigenvalue weighted by atomic mass is 9.55. The molecule has 33 heavy (non-hydrogen) atoms. The maximum absolute atomic E-state index is 12.6. The first kappa shape index (κ1) is 22.7. The van der Waals surface area contributed by atoms with Crippen molar-refractivity contribution in [3.63, 3.8) is 0 Å². The number of hydrogen-bond acceptors (Lipinski definition) is 8.